The summed E-state index contributed by atoms with van der Waals surface area (Å²) in [7, 11) is 1.40. The summed E-state index contributed by atoms with van der Waals surface area (Å²) in [6.07, 6.45) is -4.31. The van der Waals surface area contributed by atoms with Gasteiger partial charge in [-0.15, -0.1) is 13.2 Å². The van der Waals surface area contributed by atoms with Crippen LogP contribution >= 0.6 is 0 Å². The average molecular weight is 505 g/mol. The van der Waals surface area contributed by atoms with Crippen LogP contribution < -0.4 is 20.9 Å². The highest BCUT2D eigenvalue weighted by molar-refractivity contribution is 5.91. The Kier molecular flexibility index (Phi) is 7.56. The van der Waals surface area contributed by atoms with E-state index in [2.05, 4.69) is 15.4 Å². The van der Waals surface area contributed by atoms with E-state index in [1.54, 1.807) is 31.2 Å². The summed E-state index contributed by atoms with van der Waals surface area (Å²) in [6.45, 7) is 1.69. The number of carboxylic acids is 1. The van der Waals surface area contributed by atoms with Gasteiger partial charge in [0.2, 0.25) is 0 Å². The molecule has 0 unspecified atom stereocenters. The van der Waals surface area contributed by atoms with Crippen LogP contribution in [0.1, 0.15) is 23.6 Å². The van der Waals surface area contributed by atoms with Gasteiger partial charge < -0.3 is 30.2 Å². The van der Waals surface area contributed by atoms with Crippen molar-refractivity contribution in [3.05, 3.63) is 76.2 Å². The minimum absolute atomic E-state index is 0.0371. The van der Waals surface area contributed by atoms with E-state index in [1.165, 1.54) is 31.4 Å². The number of aromatic hydroxyl groups is 1. The molecule has 190 valence electrons. The monoisotopic (exact) mass is 505 g/mol. The number of aliphatic carboxylic acids is 1. The third-order valence-electron chi connectivity index (χ3n) is 5.24. The van der Waals surface area contributed by atoms with Crippen LogP contribution in [-0.4, -0.2) is 33.1 Å². The number of rotatable bonds is 7. The van der Waals surface area contributed by atoms with Crippen molar-refractivity contribution < 1.29 is 37.7 Å². The number of carbonyl (C=O) groups is 2. The second-order valence-electron chi connectivity index (χ2n) is 7.86. The number of hydrogen-bond acceptors (Lipinski definition) is 5. The fraction of sp³-hybridized carbons (Fsp3) is 0.208. The van der Waals surface area contributed by atoms with Crippen LogP contribution in [0.4, 0.5) is 23.7 Å². The topological polar surface area (TPSA) is 130 Å². The van der Waals surface area contributed by atoms with Crippen molar-refractivity contribution in [2.24, 2.45) is 7.05 Å². The highest BCUT2D eigenvalue weighted by Gasteiger charge is 2.33. The Morgan fingerprint density at radius 2 is 1.81 bits per heavy atom. The molecule has 0 saturated carbocycles. The van der Waals surface area contributed by atoms with E-state index in [1.807, 2.05) is 0 Å². The predicted octanol–water partition coefficient (Wildman–Crippen LogP) is 4.30. The zero-order chi connectivity index (χ0) is 26.6. The van der Waals surface area contributed by atoms with Crippen molar-refractivity contribution in [2.45, 2.75) is 25.7 Å². The number of amides is 2. The van der Waals surface area contributed by atoms with Crippen LogP contribution in [0.25, 0.3) is 11.1 Å². The maximum absolute atomic E-state index is 13.0. The van der Waals surface area contributed by atoms with Crippen molar-refractivity contribution in [3.8, 4) is 22.6 Å². The van der Waals surface area contributed by atoms with Gasteiger partial charge in [0, 0.05) is 18.8 Å². The minimum Gasteiger partial charge on any atom is -0.505 e. The molecule has 0 saturated heterocycles. The largest absolute Gasteiger partial charge is 0.573 e. The molecule has 36 heavy (non-hydrogen) atoms. The maximum Gasteiger partial charge on any atom is 0.573 e. The number of alkyl halides is 3. The van der Waals surface area contributed by atoms with E-state index in [0.29, 0.717) is 11.1 Å². The molecule has 0 aliphatic heterocycles. The predicted molar refractivity (Wildman–Crippen MR) is 124 cm³/mol. The summed E-state index contributed by atoms with van der Waals surface area (Å²) in [5, 5.41) is 23.9. The van der Waals surface area contributed by atoms with Crippen LogP contribution in [0.2, 0.25) is 0 Å². The van der Waals surface area contributed by atoms with E-state index in [9.17, 15) is 37.8 Å². The van der Waals surface area contributed by atoms with Crippen LogP contribution in [-0.2, 0) is 11.8 Å². The number of ether oxygens (including phenoxy) is 1. The summed E-state index contributed by atoms with van der Waals surface area (Å²) >= 11 is 0. The molecule has 0 spiro atoms. The number of halogens is 3. The first-order chi connectivity index (χ1) is 16.9. The number of anilines is 1. The van der Waals surface area contributed by atoms with Crippen molar-refractivity contribution in [1.82, 2.24) is 9.88 Å². The molecule has 0 radical (unpaired) electrons. The second-order valence-corrected chi connectivity index (χ2v) is 7.86. The van der Waals surface area contributed by atoms with Crippen molar-refractivity contribution >= 4 is 17.7 Å². The Bertz CT molecular complexity index is 1350. The number of carbonyl (C=O) groups excluding carboxylic acids is 1. The second kappa shape index (κ2) is 10.4. The van der Waals surface area contributed by atoms with Gasteiger partial charge in [-0.2, -0.15) is 0 Å². The first-order valence-electron chi connectivity index (χ1n) is 10.5. The molecular weight excluding hydrogens is 483 g/mol. The lowest BCUT2D eigenvalue weighted by molar-refractivity contribution is -0.274. The highest BCUT2D eigenvalue weighted by atomic mass is 19.4. The maximum atomic E-state index is 13.0. The summed E-state index contributed by atoms with van der Waals surface area (Å²) in [5.74, 6) is -2.30. The van der Waals surface area contributed by atoms with Gasteiger partial charge in [-0.05, 0) is 41.8 Å². The number of hydrogen-bond donors (Lipinski definition) is 4. The fourth-order valence-corrected chi connectivity index (χ4v) is 3.54. The molecule has 0 bridgehead atoms. The quantitative estimate of drug-likeness (QED) is 0.379. The van der Waals surface area contributed by atoms with Gasteiger partial charge in [-0.3, -0.25) is 9.59 Å². The van der Waals surface area contributed by atoms with Crippen LogP contribution in [0, 0.1) is 6.92 Å². The molecule has 0 aliphatic rings. The van der Waals surface area contributed by atoms with Crippen molar-refractivity contribution in [2.75, 3.05) is 5.32 Å². The molecule has 12 heteroatoms. The van der Waals surface area contributed by atoms with Crippen molar-refractivity contribution in [1.29, 1.82) is 0 Å². The smallest absolute Gasteiger partial charge is 0.505 e. The third kappa shape index (κ3) is 6.34. The number of benzene rings is 2. The SMILES string of the molecule is Cc1ccccc1-c1cc([C@H](CC(=O)O)NC(=O)Nc2c(O)ccn(C)c2=O)ccc1OC(F)(F)F. The van der Waals surface area contributed by atoms with Crippen molar-refractivity contribution in [3.63, 3.8) is 0 Å². The van der Waals surface area contributed by atoms with Crippen LogP contribution in [0.5, 0.6) is 11.5 Å². The zero-order valence-electron chi connectivity index (χ0n) is 19.1. The van der Waals surface area contributed by atoms with Gasteiger partial charge in [-0.25, -0.2) is 4.79 Å². The number of aryl methyl sites for hydroxylation is 2. The Morgan fingerprint density at radius 1 is 1.11 bits per heavy atom. The fourth-order valence-electron chi connectivity index (χ4n) is 3.54. The van der Waals surface area contributed by atoms with Gasteiger partial charge in [-0.1, -0.05) is 30.3 Å². The van der Waals surface area contributed by atoms with E-state index in [-0.39, 0.29) is 11.1 Å². The van der Waals surface area contributed by atoms with Gasteiger partial charge in [0.1, 0.15) is 11.5 Å². The van der Waals surface area contributed by atoms with E-state index < -0.39 is 53.6 Å². The molecule has 1 aromatic heterocycles. The summed E-state index contributed by atoms with van der Waals surface area (Å²) in [5.41, 5.74) is 0.115. The molecular formula is C24H22F3N3O6. The molecule has 3 aromatic rings. The van der Waals surface area contributed by atoms with E-state index in [4.69, 9.17) is 0 Å². The number of nitrogens with one attached hydrogen (secondary N) is 2. The van der Waals surface area contributed by atoms with Crippen LogP contribution in [0.3, 0.4) is 0 Å². The molecule has 0 fully saturated rings. The Morgan fingerprint density at radius 3 is 2.44 bits per heavy atom. The lowest BCUT2D eigenvalue weighted by Gasteiger charge is -2.21. The third-order valence-corrected chi connectivity index (χ3v) is 5.24. The summed E-state index contributed by atoms with van der Waals surface area (Å²) < 4.78 is 44.4. The zero-order valence-corrected chi connectivity index (χ0v) is 19.1. The molecule has 4 N–H and O–H groups in total. The number of carboxylic acid groups (broad SMARTS) is 1. The van der Waals surface area contributed by atoms with E-state index in [0.717, 1.165) is 10.6 Å². The average Bonchev–Trinajstić information content (AvgIpc) is 2.78. The molecule has 3 rings (SSSR count). The highest BCUT2D eigenvalue weighted by Crippen LogP contribution is 2.37. The Balaban J connectivity index is 2.00. The van der Waals surface area contributed by atoms with Gasteiger partial charge in [0.05, 0.1) is 12.5 Å². The normalized spacial score (nSPS) is 12.0. The first kappa shape index (κ1) is 26.1. The summed E-state index contributed by atoms with van der Waals surface area (Å²) in [4.78, 5) is 36.3. The number of pyridine rings is 1. The molecule has 2 aromatic carbocycles. The molecule has 9 nitrogen and oxygen atoms in total. The molecule has 1 atom stereocenters. The van der Waals surface area contributed by atoms with Gasteiger partial charge in [0.15, 0.2) is 5.69 Å². The molecule has 0 aliphatic carbocycles. The number of aromatic nitrogens is 1. The number of nitrogens with zero attached hydrogens (tertiary/aromatic N) is 1. The molecule has 2 amide bonds. The Hall–Kier alpha value is -4.48. The standard InChI is InChI=1S/C24H22F3N3O6/c1-13-5-3-4-6-15(13)16-11-14(7-8-19(16)36-24(25,26)27)17(12-20(32)33)28-23(35)29-21-18(31)9-10-30(2)22(21)34/h3-11,17,31H,12H2,1-2H3,(H,32,33)(H2,28,29,35)/t17-/m0/s1. The lowest BCUT2D eigenvalue weighted by atomic mass is 9.94. The lowest BCUT2D eigenvalue weighted by Crippen LogP contribution is -2.36. The van der Waals surface area contributed by atoms with Crippen LogP contribution in [0.15, 0.2) is 59.5 Å². The molecule has 1 heterocycles. The number of urea groups is 1. The Labute approximate surface area is 202 Å². The summed E-state index contributed by atoms with van der Waals surface area (Å²) in [6, 6.07) is 9.11. The first-order valence-corrected chi connectivity index (χ1v) is 10.5. The van der Waals surface area contributed by atoms with Gasteiger partial charge >= 0.3 is 18.4 Å². The minimum atomic E-state index is -4.97. The van der Waals surface area contributed by atoms with Gasteiger partial charge in [0.25, 0.3) is 5.56 Å². The van der Waals surface area contributed by atoms with E-state index >= 15 is 0 Å².